The number of ether oxygens (including phenoxy) is 2. The highest BCUT2D eigenvalue weighted by atomic mass is 16.5. The highest BCUT2D eigenvalue weighted by molar-refractivity contribution is 5.36. The van der Waals surface area contributed by atoms with Gasteiger partial charge in [-0.15, -0.1) is 0 Å². The summed E-state index contributed by atoms with van der Waals surface area (Å²) in [5.74, 6) is 0.943. The number of rotatable bonds is 10. The average Bonchev–Trinajstić information content (AvgIpc) is 2.51. The second-order valence-corrected chi connectivity index (χ2v) is 5.24. The first-order valence-corrected chi connectivity index (χ1v) is 7.77. The Morgan fingerprint density at radius 2 is 1.90 bits per heavy atom. The summed E-state index contributed by atoms with van der Waals surface area (Å²) in [6.45, 7) is 10.2. The monoisotopic (exact) mass is 294 g/mol. The smallest absolute Gasteiger partial charge is 0.123 e. The largest absolute Gasteiger partial charge is 0.496 e. The Bertz CT molecular complexity index is 398. The van der Waals surface area contributed by atoms with Crippen LogP contribution in [0.2, 0.25) is 0 Å². The minimum absolute atomic E-state index is 0.255. The quantitative estimate of drug-likeness (QED) is 0.719. The molecule has 0 saturated carbocycles. The van der Waals surface area contributed by atoms with Gasteiger partial charge in [-0.3, -0.25) is 4.90 Å². The van der Waals surface area contributed by atoms with Gasteiger partial charge in [0, 0.05) is 31.3 Å². The molecule has 4 heteroatoms. The van der Waals surface area contributed by atoms with Crippen LogP contribution in [0.5, 0.6) is 5.75 Å². The van der Waals surface area contributed by atoms with Crippen molar-refractivity contribution in [1.29, 1.82) is 0 Å². The molecule has 1 aromatic rings. The van der Waals surface area contributed by atoms with Gasteiger partial charge >= 0.3 is 0 Å². The van der Waals surface area contributed by atoms with Crippen molar-refractivity contribution in [2.75, 3.05) is 40.5 Å². The Kier molecular flexibility index (Phi) is 8.35. The van der Waals surface area contributed by atoms with Gasteiger partial charge in [0.2, 0.25) is 0 Å². The lowest BCUT2D eigenvalue weighted by Crippen LogP contribution is -2.42. The molecule has 0 bridgehead atoms. The first-order valence-electron chi connectivity index (χ1n) is 7.77. The second-order valence-electron chi connectivity index (χ2n) is 5.24. The van der Waals surface area contributed by atoms with Crippen molar-refractivity contribution in [3.8, 4) is 5.75 Å². The van der Waals surface area contributed by atoms with Crippen molar-refractivity contribution < 1.29 is 9.47 Å². The van der Waals surface area contributed by atoms with E-state index in [9.17, 15) is 0 Å². The molecule has 0 aliphatic carbocycles. The fraction of sp³-hybridized carbons (Fsp3) is 0.647. The van der Waals surface area contributed by atoms with Gasteiger partial charge in [-0.1, -0.05) is 32.0 Å². The summed E-state index contributed by atoms with van der Waals surface area (Å²) in [5.41, 5.74) is 1.21. The molecule has 0 aromatic heterocycles. The molecule has 0 aliphatic heterocycles. The van der Waals surface area contributed by atoms with E-state index in [-0.39, 0.29) is 6.04 Å². The maximum atomic E-state index is 5.51. The van der Waals surface area contributed by atoms with E-state index in [0.717, 1.165) is 32.0 Å². The van der Waals surface area contributed by atoms with Crippen LogP contribution >= 0.6 is 0 Å². The van der Waals surface area contributed by atoms with Crippen molar-refractivity contribution in [3.63, 3.8) is 0 Å². The van der Waals surface area contributed by atoms with Gasteiger partial charge in [-0.25, -0.2) is 0 Å². The van der Waals surface area contributed by atoms with Crippen LogP contribution in [0, 0.1) is 0 Å². The zero-order chi connectivity index (χ0) is 15.7. The fourth-order valence-corrected chi connectivity index (χ4v) is 2.68. The summed E-state index contributed by atoms with van der Waals surface area (Å²) < 4.78 is 10.8. The molecular weight excluding hydrogens is 264 g/mol. The maximum Gasteiger partial charge on any atom is 0.123 e. The van der Waals surface area contributed by atoms with E-state index >= 15 is 0 Å². The van der Waals surface area contributed by atoms with Gasteiger partial charge in [-0.05, 0) is 26.1 Å². The molecule has 1 aromatic carbocycles. The minimum atomic E-state index is 0.255. The summed E-state index contributed by atoms with van der Waals surface area (Å²) in [6.07, 6.45) is 0. The first kappa shape index (κ1) is 18.0. The third-order valence-corrected chi connectivity index (χ3v) is 3.82. The standard InChI is InChI=1S/C17H30N2O2/c1-6-18-16(12-19(7-2)14(3)13-20-4)15-10-8-9-11-17(15)21-5/h8-11,14,16,18H,6-7,12-13H2,1-5H3. The summed E-state index contributed by atoms with van der Waals surface area (Å²) in [5, 5.41) is 3.57. The number of benzene rings is 1. The normalized spacial score (nSPS) is 14.2. The molecule has 2 unspecified atom stereocenters. The highest BCUT2D eigenvalue weighted by Crippen LogP contribution is 2.25. The van der Waals surface area contributed by atoms with E-state index < -0.39 is 0 Å². The van der Waals surface area contributed by atoms with Crippen LogP contribution < -0.4 is 10.1 Å². The summed E-state index contributed by atoms with van der Waals surface area (Å²) in [7, 11) is 3.49. The van der Waals surface area contributed by atoms with Crippen LogP contribution in [0.25, 0.3) is 0 Å². The number of para-hydroxylation sites is 1. The van der Waals surface area contributed by atoms with Gasteiger partial charge in [-0.2, -0.15) is 0 Å². The van der Waals surface area contributed by atoms with E-state index in [0.29, 0.717) is 6.04 Å². The van der Waals surface area contributed by atoms with Crippen molar-refractivity contribution in [2.45, 2.75) is 32.9 Å². The number of hydrogen-bond acceptors (Lipinski definition) is 4. The molecule has 0 saturated heterocycles. The van der Waals surface area contributed by atoms with Gasteiger partial charge in [0.05, 0.1) is 13.7 Å². The Hall–Kier alpha value is -1.10. The van der Waals surface area contributed by atoms with Crippen LogP contribution in [0.15, 0.2) is 24.3 Å². The molecule has 1 N–H and O–H groups in total. The van der Waals surface area contributed by atoms with Gasteiger partial charge < -0.3 is 14.8 Å². The van der Waals surface area contributed by atoms with Gasteiger partial charge in [0.15, 0.2) is 0 Å². The van der Waals surface area contributed by atoms with Crippen LogP contribution in [-0.2, 0) is 4.74 Å². The van der Waals surface area contributed by atoms with Crippen molar-refractivity contribution in [1.82, 2.24) is 10.2 Å². The van der Waals surface area contributed by atoms with Crippen molar-refractivity contribution in [2.24, 2.45) is 0 Å². The van der Waals surface area contributed by atoms with Crippen molar-refractivity contribution >= 4 is 0 Å². The molecular formula is C17H30N2O2. The predicted molar refractivity (Wildman–Crippen MR) is 88.0 cm³/mol. The molecule has 2 atom stereocenters. The zero-order valence-corrected chi connectivity index (χ0v) is 14.1. The number of nitrogens with zero attached hydrogens (tertiary/aromatic N) is 1. The Morgan fingerprint density at radius 3 is 2.48 bits per heavy atom. The SMILES string of the molecule is CCNC(CN(CC)C(C)COC)c1ccccc1OC. The predicted octanol–water partition coefficient (Wildman–Crippen LogP) is 2.70. The molecule has 0 spiro atoms. The van der Waals surface area contributed by atoms with Crippen LogP contribution in [0.1, 0.15) is 32.4 Å². The lowest BCUT2D eigenvalue weighted by Gasteiger charge is -2.32. The third-order valence-electron chi connectivity index (χ3n) is 3.82. The number of nitrogens with one attached hydrogen (secondary N) is 1. The average molecular weight is 294 g/mol. The van der Waals surface area contributed by atoms with E-state index in [1.165, 1.54) is 5.56 Å². The summed E-state index contributed by atoms with van der Waals surface area (Å²) in [4.78, 5) is 2.43. The molecule has 0 heterocycles. The maximum absolute atomic E-state index is 5.51. The second kappa shape index (κ2) is 9.77. The lowest BCUT2D eigenvalue weighted by molar-refractivity contribution is 0.0955. The van der Waals surface area contributed by atoms with E-state index in [1.807, 2.05) is 12.1 Å². The Morgan fingerprint density at radius 1 is 1.19 bits per heavy atom. The Balaban J connectivity index is 2.90. The topological polar surface area (TPSA) is 33.7 Å². The van der Waals surface area contributed by atoms with Crippen LogP contribution in [-0.4, -0.2) is 51.4 Å². The van der Waals surface area contributed by atoms with E-state index in [1.54, 1.807) is 14.2 Å². The molecule has 1 rings (SSSR count). The summed E-state index contributed by atoms with van der Waals surface area (Å²) in [6, 6.07) is 8.89. The number of hydrogen-bond donors (Lipinski definition) is 1. The molecule has 4 nitrogen and oxygen atoms in total. The van der Waals surface area contributed by atoms with Crippen LogP contribution in [0.4, 0.5) is 0 Å². The molecule has 0 amide bonds. The van der Waals surface area contributed by atoms with Crippen LogP contribution in [0.3, 0.4) is 0 Å². The molecule has 21 heavy (non-hydrogen) atoms. The van der Waals surface area contributed by atoms with Gasteiger partial charge in [0.25, 0.3) is 0 Å². The number of methoxy groups -OCH3 is 2. The third kappa shape index (κ3) is 5.30. The summed E-state index contributed by atoms with van der Waals surface area (Å²) >= 11 is 0. The molecule has 0 radical (unpaired) electrons. The minimum Gasteiger partial charge on any atom is -0.496 e. The first-order chi connectivity index (χ1) is 10.2. The van der Waals surface area contributed by atoms with Crippen molar-refractivity contribution in [3.05, 3.63) is 29.8 Å². The fourth-order valence-electron chi connectivity index (χ4n) is 2.68. The zero-order valence-electron chi connectivity index (χ0n) is 14.1. The number of likely N-dealkylation sites (N-methyl/N-ethyl adjacent to an activating group) is 2. The molecule has 0 fully saturated rings. The van der Waals surface area contributed by atoms with E-state index in [2.05, 4.69) is 43.1 Å². The molecule has 0 aliphatic rings. The highest BCUT2D eigenvalue weighted by Gasteiger charge is 2.20. The molecule has 120 valence electrons. The van der Waals surface area contributed by atoms with E-state index in [4.69, 9.17) is 9.47 Å². The lowest BCUT2D eigenvalue weighted by atomic mass is 10.0. The van der Waals surface area contributed by atoms with Gasteiger partial charge in [0.1, 0.15) is 5.75 Å². The Labute approximate surface area is 129 Å².